The van der Waals surface area contributed by atoms with E-state index in [9.17, 15) is 0 Å². The predicted molar refractivity (Wildman–Crippen MR) is 172 cm³/mol. The zero-order valence-corrected chi connectivity index (χ0v) is 26.0. The summed E-state index contributed by atoms with van der Waals surface area (Å²) >= 11 is 6.52. The van der Waals surface area contributed by atoms with Gasteiger partial charge in [0.2, 0.25) is 5.96 Å². The van der Waals surface area contributed by atoms with Gasteiger partial charge in [-0.2, -0.15) is 5.26 Å². The van der Waals surface area contributed by atoms with E-state index in [0.29, 0.717) is 65.7 Å². The molecule has 44 heavy (non-hydrogen) atoms. The molecule has 12 nitrogen and oxygen atoms in total. The number of anilines is 2. The number of benzene rings is 2. The number of fused-ring (bicyclic) bond motifs is 1. The summed E-state index contributed by atoms with van der Waals surface area (Å²) < 4.78 is 17.5. The van der Waals surface area contributed by atoms with Gasteiger partial charge >= 0.3 is 0 Å². The molecule has 0 saturated carbocycles. The van der Waals surface area contributed by atoms with Crippen LogP contribution in [0.1, 0.15) is 12.1 Å². The van der Waals surface area contributed by atoms with Gasteiger partial charge in [0, 0.05) is 56.4 Å². The fourth-order valence-corrected chi connectivity index (χ4v) is 4.33. The van der Waals surface area contributed by atoms with Crippen LogP contribution >= 0.6 is 11.6 Å². The minimum Gasteiger partial charge on any atom is -0.493 e. The molecule has 0 saturated heterocycles. The molecule has 0 unspecified atom stereocenters. The SMILES string of the molecule is COc1cc2ncnc(Nc3ccc(OCc4ccccn4)c(Cl)c3)c2cc1OCCCN=C(NC#N)N(C)CCN(C)C. The van der Waals surface area contributed by atoms with Crippen molar-refractivity contribution < 1.29 is 14.2 Å². The van der Waals surface area contributed by atoms with Crippen molar-refractivity contribution in [2.24, 2.45) is 4.99 Å². The topological polar surface area (TPSA) is 133 Å². The first-order valence-corrected chi connectivity index (χ1v) is 14.4. The maximum Gasteiger partial charge on any atom is 0.207 e. The Labute approximate surface area is 262 Å². The molecule has 230 valence electrons. The third-order valence-electron chi connectivity index (χ3n) is 6.45. The molecule has 0 atom stereocenters. The summed E-state index contributed by atoms with van der Waals surface area (Å²) in [5.41, 5.74) is 2.22. The molecule has 0 fully saturated rings. The lowest BCUT2D eigenvalue weighted by molar-refractivity contribution is 0.291. The van der Waals surface area contributed by atoms with Crippen molar-refractivity contribution in [2.45, 2.75) is 13.0 Å². The number of ether oxygens (including phenoxy) is 3. The van der Waals surface area contributed by atoms with E-state index in [0.717, 1.165) is 29.9 Å². The second-order valence-electron chi connectivity index (χ2n) is 9.99. The summed E-state index contributed by atoms with van der Waals surface area (Å²) in [6, 6.07) is 14.8. The van der Waals surface area contributed by atoms with E-state index < -0.39 is 0 Å². The molecule has 0 radical (unpaired) electrons. The van der Waals surface area contributed by atoms with Crippen LogP contribution in [0.15, 0.2) is 66.0 Å². The molecule has 0 amide bonds. The number of hydrogen-bond donors (Lipinski definition) is 2. The standard InChI is InChI=1S/C31H36ClN9O3/c1-40(2)13-14-41(3)31(36-20-33)35-12-7-15-43-29-17-24-26(18-28(29)42-4)37-21-38-30(24)39-22-9-10-27(25(32)16-22)44-19-23-8-5-6-11-34-23/h5-6,8-11,16-18,21H,7,12-15,19H2,1-4H3,(H,35,36)(H,37,38,39). The molecule has 0 aliphatic carbocycles. The molecule has 2 aromatic carbocycles. The summed E-state index contributed by atoms with van der Waals surface area (Å²) in [6.07, 6.45) is 5.79. The summed E-state index contributed by atoms with van der Waals surface area (Å²) in [7, 11) is 7.49. The molecular formula is C31H36ClN9O3. The zero-order valence-electron chi connectivity index (χ0n) is 25.2. The molecule has 2 heterocycles. The molecular weight excluding hydrogens is 582 g/mol. The number of pyridine rings is 1. The molecule has 4 aromatic rings. The van der Waals surface area contributed by atoms with Gasteiger partial charge in [-0.05, 0) is 50.5 Å². The number of nitriles is 1. The van der Waals surface area contributed by atoms with Gasteiger partial charge in [-0.1, -0.05) is 17.7 Å². The Balaban J connectivity index is 1.42. The Morgan fingerprint density at radius 3 is 2.59 bits per heavy atom. The van der Waals surface area contributed by atoms with Crippen LogP contribution in [-0.4, -0.2) is 85.2 Å². The highest BCUT2D eigenvalue weighted by Crippen LogP contribution is 2.36. The van der Waals surface area contributed by atoms with Crippen LogP contribution in [0.3, 0.4) is 0 Å². The number of nitrogens with one attached hydrogen (secondary N) is 2. The third kappa shape index (κ3) is 9.07. The maximum absolute atomic E-state index is 9.11. The van der Waals surface area contributed by atoms with Crippen LogP contribution in [0.5, 0.6) is 17.2 Å². The Morgan fingerprint density at radius 2 is 1.86 bits per heavy atom. The van der Waals surface area contributed by atoms with Crippen molar-refractivity contribution in [1.82, 2.24) is 30.1 Å². The zero-order chi connectivity index (χ0) is 31.3. The van der Waals surface area contributed by atoms with E-state index in [2.05, 4.69) is 35.5 Å². The number of guanidine groups is 1. The number of hydrogen-bond acceptors (Lipinski definition) is 10. The lowest BCUT2D eigenvalue weighted by Gasteiger charge is -2.21. The van der Waals surface area contributed by atoms with E-state index >= 15 is 0 Å². The van der Waals surface area contributed by atoms with E-state index in [1.54, 1.807) is 25.4 Å². The Kier molecular flexibility index (Phi) is 11.7. The number of halogens is 1. The second kappa shape index (κ2) is 16.1. The summed E-state index contributed by atoms with van der Waals surface area (Å²) in [4.78, 5) is 21.7. The van der Waals surface area contributed by atoms with Crippen molar-refractivity contribution in [2.75, 3.05) is 59.8 Å². The molecule has 0 aliphatic heterocycles. The Hall–Kier alpha value is -4.86. The van der Waals surface area contributed by atoms with Gasteiger partial charge in [0.25, 0.3) is 0 Å². The van der Waals surface area contributed by atoms with Crippen molar-refractivity contribution in [3.63, 3.8) is 0 Å². The lowest BCUT2D eigenvalue weighted by atomic mass is 10.2. The van der Waals surface area contributed by atoms with E-state index in [1.165, 1.54) is 6.33 Å². The summed E-state index contributed by atoms with van der Waals surface area (Å²) in [5, 5.41) is 16.3. The average molecular weight is 618 g/mol. The number of likely N-dealkylation sites (N-methyl/N-ethyl adjacent to an activating group) is 2. The molecule has 2 N–H and O–H groups in total. The second-order valence-corrected chi connectivity index (χ2v) is 10.4. The number of aliphatic imine (C=N–C) groups is 1. The van der Waals surface area contributed by atoms with Gasteiger partial charge in [0.15, 0.2) is 17.7 Å². The van der Waals surface area contributed by atoms with Crippen molar-refractivity contribution in [1.29, 1.82) is 5.26 Å². The molecule has 13 heteroatoms. The van der Waals surface area contributed by atoms with Crippen LogP contribution in [0.2, 0.25) is 5.02 Å². The van der Waals surface area contributed by atoms with Crippen molar-refractivity contribution in [3.05, 3.63) is 71.8 Å². The summed E-state index contributed by atoms with van der Waals surface area (Å²) in [5.74, 6) is 2.77. The largest absolute Gasteiger partial charge is 0.493 e. The first-order valence-electron chi connectivity index (χ1n) is 14.0. The summed E-state index contributed by atoms with van der Waals surface area (Å²) in [6.45, 7) is 2.75. The minimum atomic E-state index is 0.312. The van der Waals surface area contributed by atoms with E-state index in [-0.39, 0.29) is 0 Å². The van der Waals surface area contributed by atoms with Gasteiger partial charge < -0.3 is 29.3 Å². The van der Waals surface area contributed by atoms with Crippen LogP contribution < -0.4 is 24.8 Å². The van der Waals surface area contributed by atoms with Gasteiger partial charge in [-0.25, -0.2) is 9.97 Å². The highest BCUT2D eigenvalue weighted by Gasteiger charge is 2.13. The number of nitrogens with zero attached hydrogens (tertiary/aromatic N) is 7. The highest BCUT2D eigenvalue weighted by molar-refractivity contribution is 6.32. The van der Waals surface area contributed by atoms with Crippen LogP contribution in [-0.2, 0) is 6.61 Å². The lowest BCUT2D eigenvalue weighted by Crippen LogP contribution is -2.40. The van der Waals surface area contributed by atoms with Crippen LogP contribution in [0.25, 0.3) is 10.9 Å². The normalized spacial score (nSPS) is 11.2. The Morgan fingerprint density at radius 1 is 1.00 bits per heavy atom. The first-order chi connectivity index (χ1) is 21.4. The van der Waals surface area contributed by atoms with Crippen molar-refractivity contribution in [3.8, 4) is 23.4 Å². The van der Waals surface area contributed by atoms with Gasteiger partial charge in [-0.15, -0.1) is 0 Å². The van der Waals surface area contributed by atoms with Crippen molar-refractivity contribution >= 4 is 40.0 Å². The monoisotopic (exact) mass is 617 g/mol. The third-order valence-corrected chi connectivity index (χ3v) is 6.75. The molecule has 0 aliphatic rings. The number of methoxy groups -OCH3 is 1. The van der Waals surface area contributed by atoms with Gasteiger partial charge in [0.1, 0.15) is 24.5 Å². The van der Waals surface area contributed by atoms with E-state index in [1.807, 2.05) is 68.6 Å². The fourth-order valence-electron chi connectivity index (χ4n) is 4.10. The van der Waals surface area contributed by atoms with Gasteiger partial charge in [0.05, 0.1) is 29.9 Å². The quantitative estimate of drug-likeness (QED) is 0.0670. The molecule has 0 bridgehead atoms. The number of rotatable bonds is 14. The van der Waals surface area contributed by atoms with Crippen LogP contribution in [0.4, 0.5) is 11.5 Å². The fraction of sp³-hybridized carbons (Fsp3) is 0.323. The molecule has 2 aromatic heterocycles. The van der Waals surface area contributed by atoms with Crippen LogP contribution in [0, 0.1) is 11.5 Å². The smallest absolute Gasteiger partial charge is 0.207 e. The number of aromatic nitrogens is 3. The minimum absolute atomic E-state index is 0.312. The predicted octanol–water partition coefficient (Wildman–Crippen LogP) is 4.70. The highest BCUT2D eigenvalue weighted by atomic mass is 35.5. The maximum atomic E-state index is 9.11. The Bertz CT molecular complexity index is 1600. The average Bonchev–Trinajstić information content (AvgIpc) is 3.03. The van der Waals surface area contributed by atoms with E-state index in [4.69, 9.17) is 31.1 Å². The molecule has 4 rings (SSSR count). The first kappa shape index (κ1) is 32.1. The molecule has 0 spiro atoms. The van der Waals surface area contributed by atoms with Gasteiger partial charge in [-0.3, -0.25) is 15.3 Å².